The first-order valence-electron chi connectivity index (χ1n) is 7.31. The number of hydrogen-bond acceptors (Lipinski definition) is 3. The van der Waals surface area contributed by atoms with Crippen molar-refractivity contribution in [1.29, 1.82) is 0 Å². The summed E-state index contributed by atoms with van der Waals surface area (Å²) in [5, 5.41) is 8.19. The third-order valence-corrected chi connectivity index (χ3v) is 3.25. The highest BCUT2D eigenvalue weighted by Crippen LogP contribution is 2.10. The molecule has 0 aliphatic carbocycles. The molecule has 1 unspecified atom stereocenters. The number of hydrogen-bond donors (Lipinski definition) is 1. The molecule has 1 aromatic heterocycles. The zero-order valence-corrected chi connectivity index (χ0v) is 13.4. The van der Waals surface area contributed by atoms with Crippen molar-refractivity contribution in [2.45, 2.75) is 46.2 Å². The molecule has 0 aliphatic heterocycles. The fraction of sp³-hybridized carbons (Fsp3) is 0.800. The van der Waals surface area contributed by atoms with E-state index in [0.29, 0.717) is 6.04 Å². The van der Waals surface area contributed by atoms with Gasteiger partial charge in [-0.25, -0.2) is 0 Å². The summed E-state index contributed by atoms with van der Waals surface area (Å²) in [7, 11) is 6.27. The lowest BCUT2D eigenvalue weighted by Crippen LogP contribution is -2.38. The summed E-state index contributed by atoms with van der Waals surface area (Å²) >= 11 is 0. The molecule has 1 aromatic rings. The van der Waals surface area contributed by atoms with E-state index < -0.39 is 0 Å². The van der Waals surface area contributed by atoms with Crippen LogP contribution in [0.15, 0.2) is 6.20 Å². The second-order valence-corrected chi connectivity index (χ2v) is 6.10. The van der Waals surface area contributed by atoms with E-state index in [0.717, 1.165) is 25.4 Å². The fourth-order valence-electron chi connectivity index (χ4n) is 2.52. The average molecular weight is 266 g/mol. The molecule has 1 N–H and O–H groups in total. The highest BCUT2D eigenvalue weighted by Gasteiger charge is 2.13. The van der Waals surface area contributed by atoms with Gasteiger partial charge in [-0.3, -0.25) is 4.68 Å². The van der Waals surface area contributed by atoms with Gasteiger partial charge >= 0.3 is 0 Å². The van der Waals surface area contributed by atoms with Crippen LogP contribution in [-0.4, -0.2) is 41.4 Å². The Labute approximate surface area is 118 Å². The van der Waals surface area contributed by atoms with Crippen molar-refractivity contribution in [2.75, 3.05) is 20.6 Å². The van der Waals surface area contributed by atoms with Crippen LogP contribution >= 0.6 is 0 Å². The third-order valence-electron chi connectivity index (χ3n) is 3.25. The Balaban J connectivity index is 2.58. The van der Waals surface area contributed by atoms with Crippen LogP contribution in [0.25, 0.3) is 0 Å². The Bertz CT molecular complexity index is 358. The highest BCUT2D eigenvalue weighted by molar-refractivity contribution is 5.16. The quantitative estimate of drug-likeness (QED) is 0.782. The highest BCUT2D eigenvalue weighted by atomic mass is 15.3. The number of rotatable bonds is 8. The first-order valence-corrected chi connectivity index (χ1v) is 7.31. The number of aryl methyl sites for hydroxylation is 2. The Hall–Kier alpha value is -0.870. The largest absolute Gasteiger partial charge is 0.309 e. The smallest absolute Gasteiger partial charge is 0.0666 e. The second kappa shape index (κ2) is 7.65. The Kier molecular flexibility index (Phi) is 6.52. The van der Waals surface area contributed by atoms with Gasteiger partial charge in [0.15, 0.2) is 0 Å². The van der Waals surface area contributed by atoms with Crippen LogP contribution in [0.3, 0.4) is 0 Å². The van der Waals surface area contributed by atoms with E-state index in [1.165, 1.54) is 17.7 Å². The first-order chi connectivity index (χ1) is 8.92. The van der Waals surface area contributed by atoms with Crippen molar-refractivity contribution in [1.82, 2.24) is 20.0 Å². The first kappa shape index (κ1) is 16.2. The maximum Gasteiger partial charge on any atom is 0.0666 e. The van der Waals surface area contributed by atoms with Gasteiger partial charge < -0.3 is 10.2 Å². The van der Waals surface area contributed by atoms with Crippen LogP contribution in [-0.2, 0) is 20.0 Å². The van der Waals surface area contributed by atoms with E-state index in [1.807, 2.05) is 11.7 Å². The lowest BCUT2D eigenvalue weighted by molar-refractivity contribution is 0.305. The minimum atomic E-state index is 0.542. The van der Waals surface area contributed by atoms with Crippen molar-refractivity contribution in [3.05, 3.63) is 17.5 Å². The molecule has 0 spiro atoms. The molecule has 0 aliphatic rings. The molecule has 1 atom stereocenters. The molecule has 0 saturated carbocycles. The maximum absolute atomic E-state index is 4.50. The van der Waals surface area contributed by atoms with Crippen molar-refractivity contribution in [3.63, 3.8) is 0 Å². The van der Waals surface area contributed by atoms with Crippen LogP contribution in [0.1, 0.15) is 38.4 Å². The van der Waals surface area contributed by atoms with Gasteiger partial charge in [0.1, 0.15) is 0 Å². The molecule has 4 nitrogen and oxygen atoms in total. The van der Waals surface area contributed by atoms with Crippen LogP contribution in [0.2, 0.25) is 0 Å². The van der Waals surface area contributed by atoms with E-state index >= 15 is 0 Å². The minimum absolute atomic E-state index is 0.542. The molecule has 0 saturated heterocycles. The molecule has 0 bridgehead atoms. The summed E-state index contributed by atoms with van der Waals surface area (Å²) in [6, 6.07) is 0.542. The SMILES string of the molecule is CCc1nn(C)cc1CNC(CC(C)C)CN(C)C. The zero-order chi connectivity index (χ0) is 14.4. The van der Waals surface area contributed by atoms with Crippen molar-refractivity contribution < 1.29 is 0 Å². The molecule has 0 radical (unpaired) electrons. The van der Waals surface area contributed by atoms with E-state index in [1.54, 1.807) is 0 Å². The fourth-order valence-corrected chi connectivity index (χ4v) is 2.52. The van der Waals surface area contributed by atoms with E-state index in [9.17, 15) is 0 Å². The number of nitrogens with one attached hydrogen (secondary N) is 1. The van der Waals surface area contributed by atoms with Gasteiger partial charge in [0.05, 0.1) is 5.69 Å². The van der Waals surface area contributed by atoms with E-state index in [2.05, 4.69) is 56.4 Å². The predicted molar refractivity (Wildman–Crippen MR) is 81.2 cm³/mol. The molecular formula is C15H30N4. The Morgan fingerprint density at radius 3 is 2.58 bits per heavy atom. The molecule has 1 heterocycles. The lowest BCUT2D eigenvalue weighted by atomic mass is 10.0. The van der Waals surface area contributed by atoms with Crippen molar-refractivity contribution in [2.24, 2.45) is 13.0 Å². The molecular weight excluding hydrogens is 236 g/mol. The van der Waals surface area contributed by atoms with Crippen molar-refractivity contribution >= 4 is 0 Å². The van der Waals surface area contributed by atoms with E-state index in [-0.39, 0.29) is 0 Å². The number of nitrogens with zero attached hydrogens (tertiary/aromatic N) is 3. The van der Waals surface area contributed by atoms with Gasteiger partial charge in [-0.05, 0) is 32.9 Å². The molecule has 0 aromatic carbocycles. The standard InChI is InChI=1S/C15H30N4/c1-7-15-13(10-19(6)17-15)9-16-14(8-12(2)3)11-18(4)5/h10,12,14,16H,7-9,11H2,1-6H3. The number of aromatic nitrogens is 2. The zero-order valence-electron chi connectivity index (χ0n) is 13.4. The predicted octanol–water partition coefficient (Wildman–Crippen LogP) is 2.05. The van der Waals surface area contributed by atoms with Gasteiger partial charge in [-0.1, -0.05) is 20.8 Å². The van der Waals surface area contributed by atoms with Crippen LogP contribution in [0.4, 0.5) is 0 Å². The maximum atomic E-state index is 4.50. The van der Waals surface area contributed by atoms with Gasteiger partial charge in [0.25, 0.3) is 0 Å². The van der Waals surface area contributed by atoms with Gasteiger partial charge in [-0.15, -0.1) is 0 Å². The summed E-state index contributed by atoms with van der Waals surface area (Å²) < 4.78 is 1.92. The molecule has 1 rings (SSSR count). The van der Waals surface area contributed by atoms with Crippen molar-refractivity contribution in [3.8, 4) is 0 Å². The average Bonchev–Trinajstić information content (AvgIpc) is 2.65. The number of likely N-dealkylation sites (N-methyl/N-ethyl adjacent to an activating group) is 1. The lowest BCUT2D eigenvalue weighted by Gasteiger charge is -2.24. The van der Waals surface area contributed by atoms with Crippen LogP contribution in [0, 0.1) is 5.92 Å². The third kappa shape index (κ3) is 5.74. The van der Waals surface area contributed by atoms with Gasteiger partial charge in [0, 0.05) is 37.9 Å². The molecule has 0 fully saturated rings. The summed E-state index contributed by atoms with van der Waals surface area (Å²) in [4.78, 5) is 2.25. The van der Waals surface area contributed by atoms with Gasteiger partial charge in [-0.2, -0.15) is 5.10 Å². The van der Waals surface area contributed by atoms with Crippen LogP contribution in [0.5, 0.6) is 0 Å². The second-order valence-electron chi connectivity index (χ2n) is 6.10. The summed E-state index contributed by atoms with van der Waals surface area (Å²) in [5.41, 5.74) is 2.54. The van der Waals surface area contributed by atoms with Crippen LogP contribution < -0.4 is 5.32 Å². The summed E-state index contributed by atoms with van der Waals surface area (Å²) in [5.74, 6) is 0.719. The molecule has 19 heavy (non-hydrogen) atoms. The Morgan fingerprint density at radius 1 is 1.37 bits per heavy atom. The monoisotopic (exact) mass is 266 g/mol. The van der Waals surface area contributed by atoms with E-state index in [4.69, 9.17) is 0 Å². The van der Waals surface area contributed by atoms with Gasteiger partial charge in [0.2, 0.25) is 0 Å². The molecule has 0 amide bonds. The molecule has 110 valence electrons. The summed E-state index contributed by atoms with van der Waals surface area (Å²) in [6.45, 7) is 8.73. The Morgan fingerprint density at radius 2 is 2.05 bits per heavy atom. The topological polar surface area (TPSA) is 33.1 Å². The molecule has 4 heteroatoms. The summed E-state index contributed by atoms with van der Waals surface area (Å²) in [6.07, 6.45) is 4.34. The minimum Gasteiger partial charge on any atom is -0.309 e. The normalized spacial score (nSPS) is 13.5.